The van der Waals surface area contributed by atoms with Gasteiger partial charge in [-0.1, -0.05) is 17.3 Å². The fourth-order valence-corrected chi connectivity index (χ4v) is 2.05. The van der Waals surface area contributed by atoms with Crippen LogP contribution < -0.4 is 9.47 Å². The van der Waals surface area contributed by atoms with Crippen molar-refractivity contribution in [2.24, 2.45) is 0 Å². The molecule has 0 aliphatic carbocycles. The Labute approximate surface area is 116 Å². The quantitative estimate of drug-likeness (QED) is 0.810. The van der Waals surface area contributed by atoms with Gasteiger partial charge in [-0.15, -0.1) is 16.7 Å². The number of fused-ring (bicyclic) bond motifs is 1. The Morgan fingerprint density at radius 1 is 1.42 bits per heavy atom. The molecule has 2 atom stereocenters. The van der Waals surface area contributed by atoms with E-state index in [4.69, 9.17) is 21.1 Å². The third-order valence-corrected chi connectivity index (χ3v) is 3.15. The number of rotatable bonds is 3. The van der Waals surface area contributed by atoms with Crippen molar-refractivity contribution in [3.63, 3.8) is 0 Å². The van der Waals surface area contributed by atoms with Crippen molar-refractivity contribution < 1.29 is 9.47 Å². The maximum absolute atomic E-state index is 5.95. The SMILES string of the molecule is CC(Cl)c1cn(CC2COc3ccccc3O2)nn1. The van der Waals surface area contributed by atoms with E-state index in [9.17, 15) is 0 Å². The van der Waals surface area contributed by atoms with E-state index in [2.05, 4.69) is 10.3 Å². The first kappa shape index (κ1) is 12.3. The van der Waals surface area contributed by atoms with Crippen LogP contribution in [0, 0.1) is 0 Å². The van der Waals surface area contributed by atoms with Crippen molar-refractivity contribution in [1.29, 1.82) is 0 Å². The Kier molecular flexibility index (Phi) is 3.29. The van der Waals surface area contributed by atoms with Crippen LogP contribution in [0.2, 0.25) is 0 Å². The van der Waals surface area contributed by atoms with Gasteiger partial charge in [-0.05, 0) is 19.1 Å². The maximum atomic E-state index is 5.95. The number of hydrogen-bond acceptors (Lipinski definition) is 4. The van der Waals surface area contributed by atoms with Crippen LogP contribution in [0.15, 0.2) is 30.5 Å². The van der Waals surface area contributed by atoms with Crippen molar-refractivity contribution in [3.05, 3.63) is 36.2 Å². The van der Waals surface area contributed by atoms with Crippen molar-refractivity contribution >= 4 is 11.6 Å². The number of halogens is 1. The van der Waals surface area contributed by atoms with Gasteiger partial charge >= 0.3 is 0 Å². The summed E-state index contributed by atoms with van der Waals surface area (Å²) in [4.78, 5) is 0. The average molecular weight is 280 g/mol. The summed E-state index contributed by atoms with van der Waals surface area (Å²) in [7, 11) is 0. The fraction of sp³-hybridized carbons (Fsp3) is 0.385. The third-order valence-electron chi connectivity index (χ3n) is 2.92. The van der Waals surface area contributed by atoms with Gasteiger partial charge in [0.2, 0.25) is 0 Å². The van der Waals surface area contributed by atoms with Crippen molar-refractivity contribution in [2.75, 3.05) is 6.61 Å². The monoisotopic (exact) mass is 279 g/mol. The first-order valence-electron chi connectivity index (χ1n) is 6.15. The summed E-state index contributed by atoms with van der Waals surface area (Å²) in [6, 6.07) is 7.64. The summed E-state index contributed by atoms with van der Waals surface area (Å²) in [6.45, 7) is 2.96. The van der Waals surface area contributed by atoms with E-state index in [0.717, 1.165) is 17.2 Å². The first-order valence-corrected chi connectivity index (χ1v) is 6.58. The molecule has 0 fully saturated rings. The van der Waals surface area contributed by atoms with Gasteiger partial charge in [0.1, 0.15) is 12.3 Å². The molecule has 1 aromatic carbocycles. The van der Waals surface area contributed by atoms with Gasteiger partial charge in [-0.25, -0.2) is 4.68 Å². The molecule has 100 valence electrons. The molecule has 3 rings (SSSR count). The second-order valence-electron chi connectivity index (χ2n) is 4.48. The molecule has 19 heavy (non-hydrogen) atoms. The molecule has 2 heterocycles. The highest BCUT2D eigenvalue weighted by Crippen LogP contribution is 2.31. The van der Waals surface area contributed by atoms with Crippen LogP contribution in [0.5, 0.6) is 11.5 Å². The van der Waals surface area contributed by atoms with E-state index in [1.165, 1.54) is 0 Å². The zero-order chi connectivity index (χ0) is 13.2. The summed E-state index contributed by atoms with van der Waals surface area (Å²) in [5.74, 6) is 1.55. The molecule has 0 amide bonds. The Morgan fingerprint density at radius 3 is 2.95 bits per heavy atom. The topological polar surface area (TPSA) is 49.2 Å². The van der Waals surface area contributed by atoms with Gasteiger partial charge < -0.3 is 9.47 Å². The predicted octanol–water partition coefficient (Wildman–Crippen LogP) is 2.42. The largest absolute Gasteiger partial charge is 0.486 e. The highest BCUT2D eigenvalue weighted by molar-refractivity contribution is 6.20. The minimum atomic E-state index is -0.141. The van der Waals surface area contributed by atoms with Crippen LogP contribution in [-0.2, 0) is 6.54 Å². The van der Waals surface area contributed by atoms with Crippen LogP contribution in [0.3, 0.4) is 0 Å². The van der Waals surface area contributed by atoms with Crippen LogP contribution in [0.4, 0.5) is 0 Å². The van der Waals surface area contributed by atoms with Crippen LogP contribution in [0.25, 0.3) is 0 Å². The number of ether oxygens (including phenoxy) is 2. The molecule has 5 nitrogen and oxygen atoms in total. The van der Waals surface area contributed by atoms with E-state index >= 15 is 0 Å². The summed E-state index contributed by atoms with van der Waals surface area (Å²) in [5, 5.41) is 7.90. The lowest BCUT2D eigenvalue weighted by Gasteiger charge is -2.26. The number of para-hydroxylation sites is 2. The smallest absolute Gasteiger partial charge is 0.161 e. The highest BCUT2D eigenvalue weighted by Gasteiger charge is 2.21. The zero-order valence-corrected chi connectivity index (χ0v) is 11.2. The number of nitrogens with zero attached hydrogens (tertiary/aromatic N) is 3. The fourth-order valence-electron chi connectivity index (χ4n) is 1.95. The zero-order valence-electron chi connectivity index (χ0n) is 10.5. The lowest BCUT2D eigenvalue weighted by Crippen LogP contribution is -2.33. The highest BCUT2D eigenvalue weighted by atomic mass is 35.5. The summed E-state index contributed by atoms with van der Waals surface area (Å²) in [6.07, 6.45) is 1.76. The molecule has 0 bridgehead atoms. The van der Waals surface area contributed by atoms with Crippen LogP contribution in [0.1, 0.15) is 18.0 Å². The van der Waals surface area contributed by atoms with E-state index in [1.54, 1.807) is 4.68 Å². The molecule has 1 aliphatic rings. The maximum Gasteiger partial charge on any atom is 0.161 e. The third kappa shape index (κ3) is 2.66. The van der Waals surface area contributed by atoms with Gasteiger partial charge in [0.25, 0.3) is 0 Å². The van der Waals surface area contributed by atoms with Crippen LogP contribution in [-0.4, -0.2) is 27.7 Å². The second kappa shape index (κ2) is 5.09. The van der Waals surface area contributed by atoms with Gasteiger partial charge in [0.15, 0.2) is 17.6 Å². The first-order chi connectivity index (χ1) is 9.22. The minimum Gasteiger partial charge on any atom is -0.486 e. The number of aromatic nitrogens is 3. The Hall–Kier alpha value is -1.75. The van der Waals surface area contributed by atoms with Crippen molar-refractivity contribution in [3.8, 4) is 11.5 Å². The normalized spacial score (nSPS) is 19.2. The number of benzene rings is 1. The van der Waals surface area contributed by atoms with E-state index < -0.39 is 0 Å². The Bertz CT molecular complexity index is 571. The summed E-state index contributed by atoms with van der Waals surface area (Å²) >= 11 is 5.95. The van der Waals surface area contributed by atoms with E-state index in [0.29, 0.717) is 13.2 Å². The second-order valence-corrected chi connectivity index (χ2v) is 5.13. The molecule has 0 saturated carbocycles. The standard InChI is InChI=1S/C13H14ClN3O2/c1-9(14)11-7-17(16-15-11)6-10-8-18-12-4-2-3-5-13(12)19-10/h2-5,7,9-10H,6,8H2,1H3. The van der Waals surface area contributed by atoms with Gasteiger partial charge in [0.05, 0.1) is 18.1 Å². The van der Waals surface area contributed by atoms with Crippen molar-refractivity contribution in [1.82, 2.24) is 15.0 Å². The van der Waals surface area contributed by atoms with Gasteiger partial charge in [-0.3, -0.25) is 0 Å². The van der Waals surface area contributed by atoms with Gasteiger partial charge in [-0.2, -0.15) is 0 Å². The van der Waals surface area contributed by atoms with Crippen molar-refractivity contribution in [2.45, 2.75) is 24.9 Å². The lowest BCUT2D eigenvalue weighted by molar-refractivity contribution is 0.0755. The minimum absolute atomic E-state index is 0.0740. The van der Waals surface area contributed by atoms with E-state index in [1.807, 2.05) is 37.4 Å². The Balaban J connectivity index is 1.68. The molecule has 0 N–H and O–H groups in total. The molecule has 1 aliphatic heterocycles. The molecule has 0 radical (unpaired) electrons. The molecule has 0 saturated heterocycles. The lowest BCUT2D eigenvalue weighted by atomic mass is 10.2. The molecular formula is C13H14ClN3O2. The Morgan fingerprint density at radius 2 is 2.21 bits per heavy atom. The average Bonchev–Trinajstić information content (AvgIpc) is 2.87. The number of hydrogen-bond donors (Lipinski definition) is 0. The summed E-state index contributed by atoms with van der Waals surface area (Å²) in [5.41, 5.74) is 0.763. The number of alkyl halides is 1. The molecular weight excluding hydrogens is 266 g/mol. The predicted molar refractivity (Wildman–Crippen MR) is 70.6 cm³/mol. The molecule has 0 spiro atoms. The molecule has 2 unspecified atom stereocenters. The summed E-state index contributed by atoms with van der Waals surface area (Å²) < 4.78 is 13.2. The molecule has 6 heteroatoms. The van der Waals surface area contributed by atoms with Crippen LogP contribution >= 0.6 is 11.6 Å². The molecule has 1 aromatic heterocycles. The van der Waals surface area contributed by atoms with E-state index in [-0.39, 0.29) is 11.5 Å². The molecule has 2 aromatic rings. The van der Waals surface area contributed by atoms with Gasteiger partial charge in [0, 0.05) is 0 Å².